The third kappa shape index (κ3) is 3.70. The summed E-state index contributed by atoms with van der Waals surface area (Å²) < 4.78 is 0. The quantitative estimate of drug-likeness (QED) is 0.854. The van der Waals surface area contributed by atoms with Crippen molar-refractivity contribution >= 4 is 17.4 Å². The molecule has 0 unspecified atom stereocenters. The van der Waals surface area contributed by atoms with E-state index in [0.29, 0.717) is 5.15 Å². The Bertz CT molecular complexity index is 603. The fraction of sp³-hybridized carbons (Fsp3) is 0.375. The highest BCUT2D eigenvalue weighted by Gasteiger charge is 2.18. The molecule has 1 heterocycles. The van der Waals surface area contributed by atoms with Gasteiger partial charge in [-0.1, -0.05) is 56.6 Å². The van der Waals surface area contributed by atoms with Crippen LogP contribution in [0.25, 0.3) is 0 Å². The summed E-state index contributed by atoms with van der Waals surface area (Å²) in [6.45, 7) is 9.05. The number of nitrogens with one attached hydrogen (secondary N) is 1. The standard InChI is InChI=1S/C16H20ClN3/c1-11-7-5-6-8-12(11)10-18-14-9-13(17)19-15(20-14)16(2,3)4/h5-9H,10H2,1-4H3,(H,18,19,20). The maximum absolute atomic E-state index is 6.08. The predicted octanol–water partition coefficient (Wildman–Crippen LogP) is 4.35. The average Bonchev–Trinajstić information content (AvgIpc) is 2.36. The van der Waals surface area contributed by atoms with Crippen LogP contribution in [0, 0.1) is 6.92 Å². The molecule has 20 heavy (non-hydrogen) atoms. The highest BCUT2D eigenvalue weighted by atomic mass is 35.5. The van der Waals surface area contributed by atoms with Crippen molar-refractivity contribution in [3.05, 3.63) is 52.4 Å². The number of rotatable bonds is 3. The van der Waals surface area contributed by atoms with Crippen molar-refractivity contribution in [2.45, 2.75) is 39.7 Å². The maximum Gasteiger partial charge on any atom is 0.137 e. The number of hydrogen-bond donors (Lipinski definition) is 1. The van der Waals surface area contributed by atoms with Crippen LogP contribution in [0.5, 0.6) is 0 Å². The molecule has 0 atom stereocenters. The second-order valence-electron chi connectivity index (χ2n) is 5.93. The second-order valence-corrected chi connectivity index (χ2v) is 6.32. The van der Waals surface area contributed by atoms with Gasteiger partial charge in [0.2, 0.25) is 0 Å². The summed E-state index contributed by atoms with van der Waals surface area (Å²) >= 11 is 6.08. The van der Waals surface area contributed by atoms with Gasteiger partial charge >= 0.3 is 0 Å². The summed E-state index contributed by atoms with van der Waals surface area (Å²) in [4.78, 5) is 8.83. The molecule has 0 radical (unpaired) electrons. The second kappa shape index (κ2) is 5.80. The summed E-state index contributed by atoms with van der Waals surface area (Å²) in [7, 11) is 0. The molecule has 0 saturated heterocycles. The fourth-order valence-corrected chi connectivity index (χ4v) is 2.02. The zero-order valence-corrected chi connectivity index (χ0v) is 13.1. The zero-order valence-electron chi connectivity index (χ0n) is 12.4. The van der Waals surface area contributed by atoms with Crippen molar-refractivity contribution in [2.24, 2.45) is 0 Å². The number of aromatic nitrogens is 2. The van der Waals surface area contributed by atoms with Gasteiger partial charge in [-0.15, -0.1) is 0 Å². The molecule has 2 rings (SSSR count). The third-order valence-corrected chi connectivity index (χ3v) is 3.28. The first-order chi connectivity index (χ1) is 9.36. The van der Waals surface area contributed by atoms with Gasteiger partial charge in [-0.05, 0) is 18.1 Å². The first-order valence-corrected chi connectivity index (χ1v) is 7.07. The van der Waals surface area contributed by atoms with Crippen LogP contribution < -0.4 is 5.32 Å². The number of benzene rings is 1. The van der Waals surface area contributed by atoms with E-state index in [0.717, 1.165) is 18.2 Å². The number of halogens is 1. The summed E-state index contributed by atoms with van der Waals surface area (Å²) in [5.41, 5.74) is 2.39. The number of hydrogen-bond acceptors (Lipinski definition) is 3. The zero-order chi connectivity index (χ0) is 14.8. The van der Waals surface area contributed by atoms with Gasteiger partial charge in [0, 0.05) is 18.0 Å². The minimum atomic E-state index is -0.121. The Morgan fingerprint density at radius 2 is 1.85 bits per heavy atom. The molecule has 1 aromatic heterocycles. The van der Waals surface area contributed by atoms with Crippen molar-refractivity contribution in [3.63, 3.8) is 0 Å². The molecular weight excluding hydrogens is 270 g/mol. The molecule has 0 bridgehead atoms. The van der Waals surface area contributed by atoms with Crippen molar-refractivity contribution in [3.8, 4) is 0 Å². The summed E-state index contributed by atoms with van der Waals surface area (Å²) in [5, 5.41) is 3.79. The molecule has 1 N–H and O–H groups in total. The van der Waals surface area contributed by atoms with Gasteiger partial charge in [0.05, 0.1) is 0 Å². The molecule has 0 aliphatic heterocycles. The van der Waals surface area contributed by atoms with Crippen LogP contribution in [0.3, 0.4) is 0 Å². The van der Waals surface area contributed by atoms with E-state index >= 15 is 0 Å². The molecule has 2 aromatic rings. The van der Waals surface area contributed by atoms with Crippen molar-refractivity contribution < 1.29 is 0 Å². The van der Waals surface area contributed by atoms with Crippen LogP contribution in [-0.2, 0) is 12.0 Å². The predicted molar refractivity (Wildman–Crippen MR) is 84.2 cm³/mol. The van der Waals surface area contributed by atoms with Gasteiger partial charge in [0.25, 0.3) is 0 Å². The van der Waals surface area contributed by atoms with E-state index in [2.05, 4.69) is 55.1 Å². The molecule has 0 aliphatic rings. The Kier molecular flexibility index (Phi) is 4.29. The molecular formula is C16H20ClN3. The van der Waals surface area contributed by atoms with Crippen LogP contribution in [0.4, 0.5) is 5.82 Å². The fourth-order valence-electron chi connectivity index (χ4n) is 1.84. The minimum Gasteiger partial charge on any atom is -0.366 e. The number of anilines is 1. The topological polar surface area (TPSA) is 37.8 Å². The van der Waals surface area contributed by atoms with Crippen LogP contribution in [0.2, 0.25) is 5.15 Å². The van der Waals surface area contributed by atoms with Crippen LogP contribution >= 0.6 is 11.6 Å². The van der Waals surface area contributed by atoms with Crippen molar-refractivity contribution in [1.82, 2.24) is 9.97 Å². The lowest BCUT2D eigenvalue weighted by Gasteiger charge is -2.18. The van der Waals surface area contributed by atoms with Gasteiger partial charge in [-0.2, -0.15) is 0 Å². The van der Waals surface area contributed by atoms with E-state index in [1.54, 1.807) is 6.07 Å². The first-order valence-electron chi connectivity index (χ1n) is 6.70. The Hall–Kier alpha value is -1.61. The third-order valence-electron chi connectivity index (χ3n) is 3.09. The monoisotopic (exact) mass is 289 g/mol. The summed E-state index contributed by atoms with van der Waals surface area (Å²) in [6, 6.07) is 10.0. The molecule has 4 heteroatoms. The molecule has 0 spiro atoms. The Morgan fingerprint density at radius 3 is 2.50 bits per heavy atom. The van der Waals surface area contributed by atoms with Gasteiger partial charge in [-0.25, -0.2) is 9.97 Å². The highest BCUT2D eigenvalue weighted by Crippen LogP contribution is 2.22. The van der Waals surface area contributed by atoms with Crippen molar-refractivity contribution in [1.29, 1.82) is 0 Å². The molecule has 3 nitrogen and oxygen atoms in total. The SMILES string of the molecule is Cc1ccccc1CNc1cc(Cl)nc(C(C)(C)C)n1. The van der Waals surface area contributed by atoms with E-state index in [9.17, 15) is 0 Å². The van der Waals surface area contributed by atoms with E-state index in [1.165, 1.54) is 11.1 Å². The molecule has 1 aromatic carbocycles. The molecule has 106 valence electrons. The normalized spacial score (nSPS) is 11.4. The first kappa shape index (κ1) is 14.8. The molecule has 0 aliphatic carbocycles. The maximum atomic E-state index is 6.08. The minimum absolute atomic E-state index is 0.121. The van der Waals surface area contributed by atoms with E-state index < -0.39 is 0 Å². The lowest BCUT2D eigenvalue weighted by atomic mass is 9.96. The highest BCUT2D eigenvalue weighted by molar-refractivity contribution is 6.29. The van der Waals surface area contributed by atoms with Gasteiger partial charge in [0.1, 0.15) is 16.8 Å². The Balaban J connectivity index is 2.18. The van der Waals surface area contributed by atoms with Gasteiger partial charge < -0.3 is 5.32 Å². The van der Waals surface area contributed by atoms with E-state index in [4.69, 9.17) is 11.6 Å². The molecule has 0 saturated carbocycles. The largest absolute Gasteiger partial charge is 0.366 e. The summed E-state index contributed by atoms with van der Waals surface area (Å²) in [6.07, 6.45) is 0. The van der Waals surface area contributed by atoms with E-state index in [1.807, 2.05) is 12.1 Å². The Labute approximate surface area is 125 Å². The van der Waals surface area contributed by atoms with Gasteiger partial charge in [0.15, 0.2) is 0 Å². The number of aryl methyl sites for hydroxylation is 1. The van der Waals surface area contributed by atoms with Crippen molar-refractivity contribution in [2.75, 3.05) is 5.32 Å². The van der Waals surface area contributed by atoms with Crippen LogP contribution in [0.1, 0.15) is 37.7 Å². The summed E-state index contributed by atoms with van der Waals surface area (Å²) in [5.74, 6) is 1.51. The van der Waals surface area contributed by atoms with Crippen LogP contribution in [0.15, 0.2) is 30.3 Å². The lowest BCUT2D eigenvalue weighted by Crippen LogP contribution is -2.17. The lowest BCUT2D eigenvalue weighted by molar-refractivity contribution is 0.546. The molecule has 0 fully saturated rings. The molecule has 0 amide bonds. The van der Waals surface area contributed by atoms with Crippen LogP contribution in [-0.4, -0.2) is 9.97 Å². The van der Waals surface area contributed by atoms with Gasteiger partial charge in [-0.3, -0.25) is 0 Å². The average molecular weight is 290 g/mol. The Morgan fingerprint density at radius 1 is 1.15 bits per heavy atom. The van der Waals surface area contributed by atoms with E-state index in [-0.39, 0.29) is 5.41 Å². The smallest absolute Gasteiger partial charge is 0.137 e. The number of nitrogens with zero attached hydrogens (tertiary/aromatic N) is 2.